The van der Waals surface area contributed by atoms with Crippen molar-refractivity contribution in [1.82, 2.24) is 10.2 Å². The van der Waals surface area contributed by atoms with E-state index in [0.717, 1.165) is 16.9 Å². The van der Waals surface area contributed by atoms with E-state index in [4.69, 9.17) is 0 Å². The van der Waals surface area contributed by atoms with Gasteiger partial charge in [-0.3, -0.25) is 0 Å². The molecule has 5 nitrogen and oxygen atoms in total. The van der Waals surface area contributed by atoms with Crippen molar-refractivity contribution < 1.29 is 14.7 Å². The number of carboxylic acids is 1. The second-order valence-electron chi connectivity index (χ2n) is 5.47. The van der Waals surface area contributed by atoms with E-state index in [2.05, 4.69) is 5.32 Å². The maximum Gasteiger partial charge on any atom is 0.331 e. The minimum absolute atomic E-state index is 0.0146. The highest BCUT2D eigenvalue weighted by molar-refractivity contribution is 7.10. The van der Waals surface area contributed by atoms with E-state index in [1.54, 1.807) is 11.3 Å². The molecule has 0 aromatic carbocycles. The Morgan fingerprint density at radius 3 is 2.75 bits per heavy atom. The van der Waals surface area contributed by atoms with Gasteiger partial charge in [0, 0.05) is 17.5 Å². The zero-order valence-corrected chi connectivity index (χ0v) is 12.7. The molecule has 0 saturated heterocycles. The molecule has 0 bridgehead atoms. The predicted octanol–water partition coefficient (Wildman–Crippen LogP) is 2.49. The van der Waals surface area contributed by atoms with Crippen molar-refractivity contribution in [3.8, 4) is 0 Å². The molecular weight excluding hydrogens is 276 g/mol. The zero-order chi connectivity index (χ0) is 14.9. The van der Waals surface area contributed by atoms with Crippen LogP contribution in [0, 0.1) is 5.92 Å². The second-order valence-corrected chi connectivity index (χ2v) is 6.47. The average Bonchev–Trinajstić information content (AvgIpc) is 2.84. The van der Waals surface area contributed by atoms with Crippen LogP contribution in [-0.4, -0.2) is 34.6 Å². The van der Waals surface area contributed by atoms with Gasteiger partial charge in [0.05, 0.1) is 0 Å². The van der Waals surface area contributed by atoms with E-state index in [1.807, 2.05) is 32.2 Å². The number of hydrogen-bond donors (Lipinski definition) is 2. The number of urea groups is 1. The van der Waals surface area contributed by atoms with Crippen LogP contribution in [0.1, 0.15) is 37.3 Å². The summed E-state index contributed by atoms with van der Waals surface area (Å²) in [6.07, 6.45) is 0.722. The number of nitrogens with one attached hydrogen (secondary N) is 1. The molecule has 2 N–H and O–H groups in total. The van der Waals surface area contributed by atoms with E-state index in [-0.39, 0.29) is 12.1 Å². The topological polar surface area (TPSA) is 69.6 Å². The summed E-state index contributed by atoms with van der Waals surface area (Å²) >= 11 is 1.56. The fraction of sp³-hybridized carbons (Fsp3) is 0.571. The van der Waals surface area contributed by atoms with Gasteiger partial charge in [0.1, 0.15) is 0 Å². The first-order chi connectivity index (χ1) is 9.41. The highest BCUT2D eigenvalue weighted by atomic mass is 32.1. The third kappa shape index (κ3) is 2.80. The average molecular weight is 296 g/mol. The SMILES string of the molecule is CC(C)C(C)NC(=O)N1CCc2sccc2C1C(=O)O. The lowest BCUT2D eigenvalue weighted by molar-refractivity contribution is -0.142. The Bertz CT molecular complexity index is 512. The maximum absolute atomic E-state index is 12.3. The summed E-state index contributed by atoms with van der Waals surface area (Å²) in [4.78, 5) is 26.3. The van der Waals surface area contributed by atoms with Crippen LogP contribution in [0.4, 0.5) is 4.79 Å². The Labute approximate surface area is 122 Å². The molecule has 110 valence electrons. The number of rotatable bonds is 3. The molecule has 1 aliphatic heterocycles. The van der Waals surface area contributed by atoms with Gasteiger partial charge in [0.15, 0.2) is 6.04 Å². The van der Waals surface area contributed by atoms with E-state index >= 15 is 0 Å². The van der Waals surface area contributed by atoms with Crippen LogP contribution in [0.5, 0.6) is 0 Å². The monoisotopic (exact) mass is 296 g/mol. The number of carbonyl (C=O) groups excluding carboxylic acids is 1. The van der Waals surface area contributed by atoms with Crippen molar-refractivity contribution in [1.29, 1.82) is 0 Å². The molecule has 2 heterocycles. The lowest BCUT2D eigenvalue weighted by Gasteiger charge is -2.34. The third-order valence-electron chi connectivity index (χ3n) is 3.81. The first-order valence-corrected chi connectivity index (χ1v) is 7.66. The molecule has 6 heteroatoms. The number of thiophene rings is 1. The van der Waals surface area contributed by atoms with Crippen molar-refractivity contribution >= 4 is 23.3 Å². The van der Waals surface area contributed by atoms with E-state index in [0.29, 0.717) is 12.5 Å². The summed E-state index contributed by atoms with van der Waals surface area (Å²) in [5, 5.41) is 14.2. The number of fused-ring (bicyclic) bond motifs is 1. The largest absolute Gasteiger partial charge is 0.479 e. The quantitative estimate of drug-likeness (QED) is 0.900. The molecule has 1 aromatic heterocycles. The summed E-state index contributed by atoms with van der Waals surface area (Å²) in [6, 6.07) is 0.657. The van der Waals surface area contributed by atoms with Gasteiger partial charge in [-0.2, -0.15) is 0 Å². The Morgan fingerprint density at radius 1 is 1.45 bits per heavy atom. The molecule has 2 rings (SSSR count). The molecule has 1 aliphatic rings. The van der Waals surface area contributed by atoms with Crippen LogP contribution >= 0.6 is 11.3 Å². The van der Waals surface area contributed by atoms with Gasteiger partial charge < -0.3 is 15.3 Å². The van der Waals surface area contributed by atoms with Gasteiger partial charge in [-0.25, -0.2) is 9.59 Å². The molecule has 20 heavy (non-hydrogen) atoms. The Morgan fingerprint density at radius 2 is 2.15 bits per heavy atom. The summed E-state index contributed by atoms with van der Waals surface area (Å²) < 4.78 is 0. The van der Waals surface area contributed by atoms with Gasteiger partial charge >= 0.3 is 12.0 Å². The van der Waals surface area contributed by atoms with Crippen molar-refractivity contribution in [3.05, 3.63) is 21.9 Å². The van der Waals surface area contributed by atoms with E-state index < -0.39 is 12.0 Å². The normalized spacial score (nSPS) is 19.6. The lowest BCUT2D eigenvalue weighted by Crippen LogP contribution is -2.50. The predicted molar refractivity (Wildman–Crippen MR) is 77.9 cm³/mol. The van der Waals surface area contributed by atoms with Crippen LogP contribution in [0.25, 0.3) is 0 Å². The summed E-state index contributed by atoms with van der Waals surface area (Å²) in [5.41, 5.74) is 0.751. The maximum atomic E-state index is 12.3. The van der Waals surface area contributed by atoms with Crippen molar-refractivity contribution in [3.63, 3.8) is 0 Å². The van der Waals surface area contributed by atoms with Crippen LogP contribution in [0.3, 0.4) is 0 Å². The Hall–Kier alpha value is -1.56. The Balaban J connectivity index is 2.19. The van der Waals surface area contributed by atoms with Crippen LogP contribution in [0.15, 0.2) is 11.4 Å². The van der Waals surface area contributed by atoms with Gasteiger partial charge in [-0.05, 0) is 36.3 Å². The molecule has 0 radical (unpaired) electrons. The van der Waals surface area contributed by atoms with E-state index in [9.17, 15) is 14.7 Å². The van der Waals surface area contributed by atoms with Gasteiger partial charge in [-0.15, -0.1) is 11.3 Å². The molecule has 0 aliphatic carbocycles. The molecule has 2 amide bonds. The van der Waals surface area contributed by atoms with Crippen LogP contribution < -0.4 is 5.32 Å². The number of carbonyl (C=O) groups is 2. The van der Waals surface area contributed by atoms with E-state index in [1.165, 1.54) is 4.90 Å². The molecular formula is C14H20N2O3S. The smallest absolute Gasteiger partial charge is 0.331 e. The Kier molecular flexibility index (Phi) is 4.32. The molecule has 1 aromatic rings. The molecule has 2 unspecified atom stereocenters. The van der Waals surface area contributed by atoms with Crippen molar-refractivity contribution in [2.75, 3.05) is 6.54 Å². The summed E-state index contributed by atoms with van der Waals surface area (Å²) in [7, 11) is 0. The van der Waals surface area contributed by atoms with Gasteiger partial charge in [-0.1, -0.05) is 13.8 Å². The van der Waals surface area contributed by atoms with Gasteiger partial charge in [0.25, 0.3) is 0 Å². The fourth-order valence-corrected chi connectivity index (χ4v) is 3.15. The minimum Gasteiger partial charge on any atom is -0.479 e. The standard InChI is InChI=1S/C14H20N2O3S/c1-8(2)9(3)15-14(19)16-6-4-11-10(5-7-20-11)12(16)13(17)18/h5,7-9,12H,4,6H2,1-3H3,(H,15,19)(H,17,18). The van der Waals surface area contributed by atoms with Gasteiger partial charge in [0.2, 0.25) is 0 Å². The first kappa shape index (κ1) is 14.8. The zero-order valence-electron chi connectivity index (χ0n) is 11.9. The molecule has 0 fully saturated rings. The number of nitrogens with zero attached hydrogens (tertiary/aromatic N) is 1. The first-order valence-electron chi connectivity index (χ1n) is 6.78. The minimum atomic E-state index is -0.975. The van der Waals surface area contributed by atoms with Crippen LogP contribution in [-0.2, 0) is 11.2 Å². The van der Waals surface area contributed by atoms with Crippen molar-refractivity contribution in [2.45, 2.75) is 39.3 Å². The molecule has 0 spiro atoms. The number of amides is 2. The number of aliphatic carboxylic acids is 1. The highest BCUT2D eigenvalue weighted by Crippen LogP contribution is 2.33. The van der Waals surface area contributed by atoms with Crippen molar-refractivity contribution in [2.24, 2.45) is 5.92 Å². The highest BCUT2D eigenvalue weighted by Gasteiger charge is 2.37. The second kappa shape index (κ2) is 5.83. The van der Waals surface area contributed by atoms with Crippen LogP contribution in [0.2, 0.25) is 0 Å². The lowest BCUT2D eigenvalue weighted by atomic mass is 10.0. The molecule has 0 saturated carbocycles. The fourth-order valence-electron chi connectivity index (χ4n) is 2.25. The summed E-state index contributed by atoms with van der Waals surface area (Å²) in [6.45, 7) is 6.42. The summed E-state index contributed by atoms with van der Waals surface area (Å²) in [5.74, 6) is -0.666. The number of carboxylic acid groups (broad SMARTS) is 1. The molecule has 2 atom stereocenters. The number of hydrogen-bond acceptors (Lipinski definition) is 3. The third-order valence-corrected chi connectivity index (χ3v) is 4.81.